The number of rotatable bonds is 5. The lowest BCUT2D eigenvalue weighted by atomic mass is 9.95. The molecule has 1 fully saturated rings. The van der Waals surface area contributed by atoms with Gasteiger partial charge in [0.05, 0.1) is 6.54 Å². The van der Waals surface area contributed by atoms with Gasteiger partial charge in [-0.05, 0) is 37.3 Å². The van der Waals surface area contributed by atoms with Gasteiger partial charge < -0.3 is 15.5 Å². The van der Waals surface area contributed by atoms with Crippen molar-refractivity contribution in [1.82, 2.24) is 10.6 Å². The highest BCUT2D eigenvalue weighted by atomic mass is 127. The van der Waals surface area contributed by atoms with Gasteiger partial charge >= 0.3 is 0 Å². The van der Waals surface area contributed by atoms with Crippen molar-refractivity contribution >= 4 is 52.3 Å². The predicted molar refractivity (Wildman–Crippen MR) is 127 cm³/mol. The van der Waals surface area contributed by atoms with Gasteiger partial charge in [0.25, 0.3) is 0 Å². The third-order valence-corrected chi connectivity index (χ3v) is 7.18. The van der Waals surface area contributed by atoms with Crippen LogP contribution in [0.25, 0.3) is 0 Å². The summed E-state index contributed by atoms with van der Waals surface area (Å²) in [4.78, 5) is 18.7. The van der Waals surface area contributed by atoms with Crippen LogP contribution < -0.4 is 15.5 Å². The summed E-state index contributed by atoms with van der Waals surface area (Å²) < 4.78 is 12.1. The van der Waals surface area contributed by atoms with E-state index < -0.39 is 10.8 Å². The van der Waals surface area contributed by atoms with Crippen LogP contribution >= 0.6 is 24.0 Å². The maximum absolute atomic E-state index is 12.6. The normalized spacial score (nSPS) is 22.8. The minimum absolute atomic E-state index is 0. The maximum Gasteiger partial charge on any atom is 0.246 e. The molecule has 1 saturated carbocycles. The van der Waals surface area contributed by atoms with Crippen LogP contribution in [0.5, 0.6) is 0 Å². The molecule has 1 heterocycles. The lowest BCUT2D eigenvalue weighted by Crippen LogP contribution is -2.49. The molecule has 1 aliphatic carbocycles. The highest BCUT2D eigenvalue weighted by molar-refractivity contribution is 14.0. The van der Waals surface area contributed by atoms with Gasteiger partial charge in [-0.1, -0.05) is 31.5 Å². The first-order chi connectivity index (χ1) is 13.1. The van der Waals surface area contributed by atoms with Crippen molar-refractivity contribution in [2.75, 3.05) is 30.8 Å². The summed E-state index contributed by atoms with van der Waals surface area (Å²) in [6.07, 6.45) is 4.97. The number of benzene rings is 1. The van der Waals surface area contributed by atoms with E-state index in [0.717, 1.165) is 50.1 Å². The molecule has 0 saturated heterocycles. The summed E-state index contributed by atoms with van der Waals surface area (Å²) in [5, 5.41) is 6.83. The lowest BCUT2D eigenvalue weighted by molar-refractivity contribution is -0.117. The molecule has 1 aliphatic heterocycles. The number of carbonyl (C=O) groups excluding carboxylic acids is 1. The molecular weight excluding hydrogens is 487 g/mol. The topological polar surface area (TPSA) is 73.8 Å². The zero-order valence-electron chi connectivity index (χ0n) is 16.6. The van der Waals surface area contributed by atoms with Crippen molar-refractivity contribution in [2.24, 2.45) is 4.99 Å². The average Bonchev–Trinajstić information content (AvgIpc) is 3.14. The number of hydrogen-bond acceptors (Lipinski definition) is 3. The Morgan fingerprint density at radius 1 is 1.32 bits per heavy atom. The standard InChI is InChI=1S/C20H30N4O2S.HI/c1-3-27(26)17-9-6-8-16(13-17)23-20(21-2)22-14-19(25)24-12-11-15-7-4-5-10-18(15)24;/h4-5,7,10,16-17H,3,6,8-9,11-14H2,1-2H3,(H2,21,22,23);1H. The van der Waals surface area contributed by atoms with Gasteiger partial charge in [-0.25, -0.2) is 0 Å². The number of carbonyl (C=O) groups is 1. The van der Waals surface area contributed by atoms with Crippen LogP contribution in [0.3, 0.4) is 0 Å². The van der Waals surface area contributed by atoms with Crippen LogP contribution in [0.2, 0.25) is 0 Å². The Morgan fingerprint density at radius 2 is 2.11 bits per heavy atom. The molecule has 1 aromatic carbocycles. The summed E-state index contributed by atoms with van der Waals surface area (Å²) in [5.41, 5.74) is 2.25. The van der Waals surface area contributed by atoms with Crippen molar-refractivity contribution in [3.8, 4) is 0 Å². The zero-order chi connectivity index (χ0) is 19.2. The molecule has 156 valence electrons. The molecule has 3 rings (SSSR count). The molecule has 1 amide bonds. The van der Waals surface area contributed by atoms with E-state index in [4.69, 9.17) is 0 Å². The van der Waals surface area contributed by atoms with E-state index in [1.165, 1.54) is 5.56 Å². The Bertz CT molecular complexity index is 728. The van der Waals surface area contributed by atoms with Gasteiger partial charge in [-0.2, -0.15) is 0 Å². The minimum Gasteiger partial charge on any atom is -0.354 e. The summed E-state index contributed by atoms with van der Waals surface area (Å²) in [6, 6.07) is 8.32. The Balaban J connectivity index is 0.00000280. The first-order valence-electron chi connectivity index (χ1n) is 9.85. The monoisotopic (exact) mass is 518 g/mol. The van der Waals surface area contributed by atoms with E-state index in [-0.39, 0.29) is 47.7 Å². The van der Waals surface area contributed by atoms with E-state index >= 15 is 0 Å². The number of hydrogen-bond donors (Lipinski definition) is 2. The van der Waals surface area contributed by atoms with Crippen molar-refractivity contribution < 1.29 is 9.00 Å². The molecule has 0 radical (unpaired) electrons. The molecule has 3 unspecified atom stereocenters. The van der Waals surface area contributed by atoms with Crippen LogP contribution in [0.15, 0.2) is 29.3 Å². The average molecular weight is 518 g/mol. The molecule has 28 heavy (non-hydrogen) atoms. The lowest BCUT2D eigenvalue weighted by Gasteiger charge is -2.30. The second kappa shape index (κ2) is 11.1. The van der Waals surface area contributed by atoms with E-state index in [9.17, 15) is 9.00 Å². The Hall–Kier alpha value is -1.16. The van der Waals surface area contributed by atoms with Gasteiger partial charge in [0.15, 0.2) is 5.96 Å². The number of anilines is 1. The quantitative estimate of drug-likeness (QED) is 0.357. The van der Waals surface area contributed by atoms with E-state index in [1.807, 2.05) is 30.0 Å². The first kappa shape index (κ1) is 23.1. The highest BCUT2D eigenvalue weighted by Crippen LogP contribution is 2.27. The number of amides is 1. The largest absolute Gasteiger partial charge is 0.354 e. The first-order valence-corrected chi connectivity index (χ1v) is 11.2. The SMILES string of the molecule is CCS(=O)C1CCCC(NC(=NC)NCC(=O)N2CCc3ccccc32)C1.I. The van der Waals surface area contributed by atoms with Crippen molar-refractivity contribution in [1.29, 1.82) is 0 Å². The fourth-order valence-electron chi connectivity index (χ4n) is 3.99. The molecule has 2 aliphatic rings. The molecule has 0 aromatic heterocycles. The molecule has 6 nitrogen and oxygen atoms in total. The molecule has 1 aromatic rings. The number of aliphatic imine (C=N–C) groups is 1. The third-order valence-electron chi connectivity index (χ3n) is 5.44. The number of nitrogens with one attached hydrogen (secondary N) is 2. The van der Waals surface area contributed by atoms with Gasteiger partial charge in [0, 0.05) is 47.1 Å². The summed E-state index contributed by atoms with van der Waals surface area (Å²) in [6.45, 7) is 2.93. The van der Waals surface area contributed by atoms with Gasteiger partial charge in [0.2, 0.25) is 5.91 Å². The number of para-hydroxylation sites is 1. The minimum atomic E-state index is -0.746. The van der Waals surface area contributed by atoms with Crippen molar-refractivity contribution in [3.63, 3.8) is 0 Å². The van der Waals surface area contributed by atoms with Gasteiger partial charge in [-0.15, -0.1) is 24.0 Å². The predicted octanol–water partition coefficient (Wildman–Crippen LogP) is 2.44. The number of nitrogens with zero attached hydrogens (tertiary/aromatic N) is 2. The Kier molecular flexibility index (Phi) is 9.20. The van der Waals surface area contributed by atoms with Crippen molar-refractivity contribution in [3.05, 3.63) is 29.8 Å². The molecule has 8 heteroatoms. The maximum atomic E-state index is 12.6. The van der Waals surface area contributed by atoms with E-state index in [1.54, 1.807) is 7.05 Å². The number of guanidine groups is 1. The molecule has 3 atom stereocenters. The van der Waals surface area contributed by atoms with E-state index in [0.29, 0.717) is 5.96 Å². The van der Waals surface area contributed by atoms with Crippen LogP contribution in [-0.2, 0) is 22.0 Å². The van der Waals surface area contributed by atoms with Crippen molar-refractivity contribution in [2.45, 2.75) is 50.3 Å². The van der Waals surface area contributed by atoms with Crippen LogP contribution in [0, 0.1) is 0 Å². The number of fused-ring (bicyclic) bond motifs is 1. The number of halogens is 1. The molecule has 0 bridgehead atoms. The zero-order valence-corrected chi connectivity index (χ0v) is 19.8. The van der Waals surface area contributed by atoms with E-state index in [2.05, 4.69) is 21.7 Å². The smallest absolute Gasteiger partial charge is 0.246 e. The van der Waals surface area contributed by atoms with Gasteiger partial charge in [-0.3, -0.25) is 14.0 Å². The summed E-state index contributed by atoms with van der Waals surface area (Å²) in [7, 11) is 0.972. The Labute approximate surface area is 187 Å². The van der Waals surface area contributed by atoms with Gasteiger partial charge in [0.1, 0.15) is 0 Å². The van der Waals surface area contributed by atoms with Crippen LogP contribution in [-0.4, -0.2) is 53.3 Å². The summed E-state index contributed by atoms with van der Waals surface area (Å²) in [5.74, 6) is 1.41. The molecule has 0 spiro atoms. The molecular formula is C20H31IN4O2S. The highest BCUT2D eigenvalue weighted by Gasteiger charge is 2.27. The second-order valence-electron chi connectivity index (χ2n) is 7.15. The Morgan fingerprint density at radius 3 is 2.86 bits per heavy atom. The van der Waals surface area contributed by atoms with Crippen LogP contribution in [0.4, 0.5) is 5.69 Å². The molecule has 2 N–H and O–H groups in total. The third kappa shape index (κ3) is 5.68. The second-order valence-corrected chi connectivity index (χ2v) is 9.15. The fourth-order valence-corrected chi connectivity index (χ4v) is 5.34. The summed E-state index contributed by atoms with van der Waals surface area (Å²) >= 11 is 0. The fraction of sp³-hybridized carbons (Fsp3) is 0.600. The van der Waals surface area contributed by atoms with Crippen LogP contribution in [0.1, 0.15) is 38.2 Å².